The molecule has 13 rings (SSSR count). The van der Waals surface area contributed by atoms with Crippen LogP contribution < -0.4 is 20.7 Å². The lowest BCUT2D eigenvalue weighted by Crippen LogP contribution is -2.41. The highest BCUT2D eigenvalue weighted by molar-refractivity contribution is 9.10. The maximum Gasteiger partial charge on any atom is 0.498 e. The molecule has 6 aliphatic heterocycles. The van der Waals surface area contributed by atoms with E-state index >= 15 is 0 Å². The van der Waals surface area contributed by atoms with Gasteiger partial charge in [0, 0.05) is 130 Å². The summed E-state index contributed by atoms with van der Waals surface area (Å²) in [4.78, 5) is 48.8. The number of amides is 2. The van der Waals surface area contributed by atoms with E-state index in [1.807, 2.05) is 64.7 Å². The van der Waals surface area contributed by atoms with Gasteiger partial charge in [-0.2, -0.15) is 68.0 Å². The number of nitrogens with one attached hydrogen (secondary N) is 2. The van der Waals surface area contributed by atoms with Crippen molar-refractivity contribution in [3.05, 3.63) is 149 Å². The van der Waals surface area contributed by atoms with E-state index in [-0.39, 0.29) is 128 Å². The third-order valence-corrected chi connectivity index (χ3v) is 21.2. The van der Waals surface area contributed by atoms with E-state index in [0.29, 0.717) is 65.5 Å². The number of anilines is 2. The van der Waals surface area contributed by atoms with Crippen molar-refractivity contribution in [2.45, 2.75) is 258 Å². The van der Waals surface area contributed by atoms with E-state index in [2.05, 4.69) is 89.1 Å². The average Bonchev–Trinajstić information content (AvgIpc) is 1.58. The van der Waals surface area contributed by atoms with Crippen LogP contribution in [0.25, 0.3) is 11.1 Å². The van der Waals surface area contributed by atoms with Gasteiger partial charge >= 0.3 is 51.1 Å². The first-order valence-corrected chi connectivity index (χ1v) is 39.5. The Kier molecular flexibility index (Phi) is 32.3. The highest BCUT2D eigenvalue weighted by Crippen LogP contribution is 2.42. The zero-order valence-corrected chi connectivity index (χ0v) is 70.1. The van der Waals surface area contributed by atoms with Crippen molar-refractivity contribution in [1.29, 1.82) is 0 Å². The van der Waals surface area contributed by atoms with E-state index in [4.69, 9.17) is 42.7 Å². The number of hydrogen-bond acceptors (Lipinski definition) is 20. The molecule has 5 atom stereocenters. The molecule has 5 aromatic heterocycles. The number of aromatic nitrogens is 10. The number of aliphatic hydroxyl groups excluding tert-OH is 1. The van der Waals surface area contributed by atoms with Gasteiger partial charge in [0.25, 0.3) is 0 Å². The molecule has 0 aliphatic carbocycles. The van der Waals surface area contributed by atoms with Crippen LogP contribution in [0.3, 0.4) is 0 Å². The normalized spacial score (nSPS) is 20.6. The van der Waals surface area contributed by atoms with Gasteiger partial charge in [-0.15, -0.1) is 0 Å². The monoisotopic (exact) mass is 1740 g/mol. The second-order valence-corrected chi connectivity index (χ2v) is 32.2. The fourth-order valence-corrected chi connectivity index (χ4v) is 13.4. The lowest BCUT2D eigenvalue weighted by atomic mass is 9.82. The number of hydrogen-bond donors (Lipinski definition) is 3. The maximum atomic E-state index is 13.5. The van der Waals surface area contributed by atoms with Gasteiger partial charge < -0.3 is 62.3 Å². The van der Waals surface area contributed by atoms with Crippen molar-refractivity contribution in [2.75, 3.05) is 43.2 Å². The molecule has 0 spiro atoms. The second-order valence-electron chi connectivity index (χ2n) is 31.3. The van der Waals surface area contributed by atoms with Gasteiger partial charge in [0.2, 0.25) is 11.9 Å². The zero-order valence-electron chi connectivity index (χ0n) is 68.5. The first kappa shape index (κ1) is 94.9. The summed E-state index contributed by atoms with van der Waals surface area (Å²) in [6.45, 7) is 28.3. The number of nitrogens with zero attached hydrogens (tertiary/aromatic N) is 12. The minimum Gasteiger partial charge on any atom is -0.502 e. The number of rotatable bonds is 16. The summed E-state index contributed by atoms with van der Waals surface area (Å²) < 4.78 is 209. The molecule has 1 unspecified atom stereocenters. The maximum absolute atomic E-state index is 13.5. The number of aliphatic hydroxyl groups is 1. The van der Waals surface area contributed by atoms with Crippen LogP contribution in [0.2, 0.25) is 0 Å². The Labute approximate surface area is 687 Å². The minimum absolute atomic E-state index is 0.0555. The van der Waals surface area contributed by atoms with Crippen LogP contribution in [0, 0.1) is 0 Å². The van der Waals surface area contributed by atoms with Crippen molar-refractivity contribution in [2.24, 2.45) is 0 Å². The number of carbonyl (C=O) groups is 2. The van der Waals surface area contributed by atoms with Crippen LogP contribution in [0.1, 0.15) is 194 Å². The van der Waals surface area contributed by atoms with Gasteiger partial charge in [0.15, 0.2) is 0 Å². The molecule has 0 bridgehead atoms. The molecular formula is C78H103B2BrF12N14O11. The van der Waals surface area contributed by atoms with Gasteiger partial charge in [-0.3, -0.25) is 10.2 Å². The molecular weight excluding hydrogens is 1640 g/mol. The molecule has 0 saturated carbocycles. The van der Waals surface area contributed by atoms with Crippen molar-refractivity contribution in [3.8, 4) is 11.1 Å². The van der Waals surface area contributed by atoms with Crippen LogP contribution in [0.4, 0.5) is 74.2 Å². The third-order valence-electron chi connectivity index (χ3n) is 20.8. The lowest BCUT2D eigenvalue weighted by Gasteiger charge is -2.32. The Balaban J connectivity index is 0.000000201. The fraction of sp³-hybridized carbons (Fsp3) is 0.577. The van der Waals surface area contributed by atoms with Crippen LogP contribution in [-0.2, 0) is 75.4 Å². The minimum atomic E-state index is -4.98. The van der Waals surface area contributed by atoms with E-state index in [1.54, 1.807) is 63.6 Å². The number of H-pyrrole nitrogens is 2. The Morgan fingerprint density at radius 1 is 0.568 bits per heavy atom. The number of ether oxygens (including phenoxy) is 4. The molecule has 7 aromatic rings. The predicted molar refractivity (Wildman–Crippen MR) is 420 cm³/mol. The Morgan fingerprint density at radius 2 is 0.992 bits per heavy atom. The summed E-state index contributed by atoms with van der Waals surface area (Å²) in [6.07, 6.45) is 6.20. The summed E-state index contributed by atoms with van der Waals surface area (Å²) in [6, 6.07) is 1.50. The molecule has 6 aliphatic rings. The first-order chi connectivity index (χ1) is 55.3. The largest absolute Gasteiger partial charge is 0.502 e. The van der Waals surface area contributed by atoms with E-state index in [1.165, 1.54) is 58.7 Å². The Bertz CT molecular complexity index is 4220. The summed E-state index contributed by atoms with van der Waals surface area (Å²) >= 11 is 3.22. The van der Waals surface area contributed by atoms with Crippen molar-refractivity contribution >= 4 is 65.2 Å². The number of benzene rings is 2. The van der Waals surface area contributed by atoms with Crippen LogP contribution in [0.5, 0.6) is 0 Å². The third kappa shape index (κ3) is 25.5. The quantitative estimate of drug-likeness (QED) is 0.0599. The van der Waals surface area contributed by atoms with E-state index in [0.717, 1.165) is 44.1 Å². The van der Waals surface area contributed by atoms with Gasteiger partial charge in [0.1, 0.15) is 6.23 Å². The molecule has 118 heavy (non-hydrogen) atoms. The van der Waals surface area contributed by atoms with Gasteiger partial charge in [-0.1, -0.05) is 13.8 Å². The number of alkyl halides is 12. The summed E-state index contributed by atoms with van der Waals surface area (Å²) in [5.74, 6) is 0.209. The summed E-state index contributed by atoms with van der Waals surface area (Å²) in [7, 11) is 0.344. The number of aromatic amines is 2. The average molecular weight is 1740 g/mol. The van der Waals surface area contributed by atoms with Crippen molar-refractivity contribution in [1.82, 2.24) is 59.9 Å². The Hall–Kier alpha value is -8.56. The molecule has 40 heteroatoms. The van der Waals surface area contributed by atoms with Crippen LogP contribution >= 0.6 is 15.9 Å². The topological polar surface area (TPSA) is 268 Å². The number of carbonyl (C=O) groups excluding carboxylic acids is 2. The molecule has 11 heterocycles. The highest BCUT2D eigenvalue weighted by Gasteiger charge is 2.54. The molecule has 5 saturated heterocycles. The molecule has 2 aromatic carbocycles. The molecule has 3 N–H and O–H groups in total. The number of halogens is 13. The summed E-state index contributed by atoms with van der Waals surface area (Å²) in [5.41, 5.74) is -4.06. The fourth-order valence-electron chi connectivity index (χ4n) is 13.2. The van der Waals surface area contributed by atoms with E-state index < -0.39 is 71.2 Å². The Morgan fingerprint density at radius 3 is 1.33 bits per heavy atom. The van der Waals surface area contributed by atoms with Gasteiger partial charge in [-0.25, -0.2) is 34.2 Å². The molecule has 0 radical (unpaired) electrons. The van der Waals surface area contributed by atoms with Crippen LogP contribution in [0.15, 0.2) is 115 Å². The molecule has 5 fully saturated rings. The van der Waals surface area contributed by atoms with Crippen molar-refractivity contribution < 1.29 is 105 Å². The number of allylic oxidation sites excluding steroid dienone is 1. The van der Waals surface area contributed by atoms with Gasteiger partial charge in [0.05, 0.1) is 92.5 Å². The summed E-state index contributed by atoms with van der Waals surface area (Å²) in [5, 5.41) is 24.6. The second kappa shape index (κ2) is 40.2. The standard InChI is InChI=1S/C26H28F6N6O2.C23H25BrF6N4O2.C14H23BN2O3.C9H15BN2O2.C5H8O.CH4O/c1-4-21-8-22(14-38(21)24(39)40-15(2)3)37(23-33-9-17(10-34-23)18-11-35-36-12-18)13-16-5-19(25(27,28)29)7-20(6-16)26(30,31)32;1-4-18-8-19(12-34(18)21(35)36-13(2)3)33(20-31-9-17(24)10-32-20)11-14-5-15(22(25,26)27)7-16(6-14)23(28,29)30;1-13(2)14(3,4)20-15(19-13)11-9-16-17(10-11)12-7-5-6-8-18-12;1-8(2)9(3,4)14-10(13-8)7-5-11-12-6-7;1-2-4-6-5-3-1;1-2/h5-7,9-12,15,21-22H,4,8,13-14H2,1-3H3,(H,35,36);5-7,9-10,13,18-19H,4,8,11-12H2,1-3H3;9-10,12H,5-8H2,1-4H3;5-6H,1-4H3,(H,11,12);2,4H,1,3,5H2;2H,1H3/t21-,22+;18-,19+;;;;/m11..../s1. The van der Waals surface area contributed by atoms with Crippen molar-refractivity contribution in [3.63, 3.8) is 0 Å². The van der Waals surface area contributed by atoms with E-state index in [9.17, 15) is 62.3 Å². The SMILES string of the molecule is C1=COCCC1.CC1(C)OB(c2cn[nH]c2)OC1(C)C.CC1(C)OB(c2cnn(C3CCCCO3)c2)OC1(C)C.CC[C@@H]1C[C@H](N(Cc2cc(C(F)(F)F)cc(C(F)(F)F)c2)c2ncc(-c3cn[nH]c3)cn2)CN1C(=O)OC(C)C.CC[C@@H]1C[C@H](N(Cc2cc(C(F)(F)F)cc(C(F)(F)F)c2)c2ncc(Br)cn2)CN1C(=O)OC(C)C.CO. The zero-order chi connectivity index (χ0) is 87.1. The van der Waals surface area contributed by atoms with Gasteiger partial charge in [-0.05, 0) is 210 Å². The number of likely N-dealkylation sites (tertiary alicyclic amines) is 2. The molecule has 2 amide bonds. The lowest BCUT2D eigenvalue weighted by molar-refractivity contribution is -0.144. The highest BCUT2D eigenvalue weighted by atomic mass is 79.9. The molecule has 648 valence electrons. The first-order valence-electron chi connectivity index (χ1n) is 38.7. The van der Waals surface area contributed by atoms with Crippen LogP contribution in [-0.4, -0.2) is 184 Å². The molecule has 25 nitrogen and oxygen atoms in total. The predicted octanol–water partition coefficient (Wildman–Crippen LogP) is 16.5. The smallest absolute Gasteiger partial charge is 0.498 e.